The van der Waals surface area contributed by atoms with Gasteiger partial charge in [0, 0.05) is 4.88 Å². The van der Waals surface area contributed by atoms with Gasteiger partial charge in [0.25, 0.3) is 0 Å². The number of ether oxygens (including phenoxy) is 1. The number of cyclic esters (lactones) is 1. The molecular weight excluding hydrogens is 200 g/mol. The minimum Gasteiger partial charge on any atom is -0.431 e. The van der Waals surface area contributed by atoms with Crippen LogP contribution in [0.2, 0.25) is 0 Å². The van der Waals surface area contributed by atoms with E-state index in [0.717, 1.165) is 11.3 Å². The molecule has 0 bridgehead atoms. The Balaban J connectivity index is 2.24. The lowest BCUT2D eigenvalue weighted by molar-refractivity contribution is 0.150. The summed E-state index contributed by atoms with van der Waals surface area (Å²) in [6, 6.07) is 3.94. The van der Waals surface area contributed by atoms with E-state index in [2.05, 4.69) is 11.9 Å². The fourth-order valence-corrected chi connectivity index (χ4v) is 2.28. The maximum Gasteiger partial charge on any atom is 0.436 e. The van der Waals surface area contributed by atoms with Crippen LogP contribution in [0.15, 0.2) is 17.1 Å². The van der Waals surface area contributed by atoms with Gasteiger partial charge in [-0.15, -0.1) is 11.3 Å². The number of rotatable bonds is 2. The third-order valence-corrected chi connectivity index (χ3v) is 3.27. The molecule has 2 heterocycles. The number of carbonyl (C=O) groups excluding carboxylic acids is 1. The third-order valence-electron chi connectivity index (χ3n) is 2.00. The normalized spacial score (nSPS) is 20.8. The maximum absolute atomic E-state index is 10.8. The minimum atomic E-state index is -0.598. The smallest absolute Gasteiger partial charge is 0.431 e. The van der Waals surface area contributed by atoms with Crippen molar-refractivity contribution in [3.63, 3.8) is 0 Å². The van der Waals surface area contributed by atoms with Crippen molar-refractivity contribution in [1.29, 1.82) is 0 Å². The van der Waals surface area contributed by atoms with E-state index in [1.165, 1.54) is 4.88 Å². The zero-order chi connectivity index (χ0) is 10.1. The molecule has 1 aliphatic heterocycles. The molecule has 0 aromatic carbocycles. The molecule has 5 heteroatoms. The molecule has 0 aliphatic carbocycles. The van der Waals surface area contributed by atoms with E-state index < -0.39 is 12.2 Å². The summed E-state index contributed by atoms with van der Waals surface area (Å²) in [5.74, 6) is 0.250. The molecule has 0 saturated carbocycles. The summed E-state index contributed by atoms with van der Waals surface area (Å²) in [4.78, 5) is 16.5. The van der Waals surface area contributed by atoms with Gasteiger partial charge in [-0.25, -0.2) is 4.79 Å². The summed E-state index contributed by atoms with van der Waals surface area (Å²) in [7, 11) is 0. The van der Waals surface area contributed by atoms with Crippen molar-refractivity contribution < 1.29 is 9.53 Å². The van der Waals surface area contributed by atoms with Gasteiger partial charge in [0.1, 0.15) is 0 Å². The van der Waals surface area contributed by atoms with Crippen LogP contribution in [-0.4, -0.2) is 11.9 Å². The van der Waals surface area contributed by atoms with E-state index >= 15 is 0 Å². The van der Waals surface area contributed by atoms with E-state index in [4.69, 9.17) is 10.5 Å². The van der Waals surface area contributed by atoms with Gasteiger partial charge in [0.2, 0.25) is 0 Å². The van der Waals surface area contributed by atoms with Gasteiger partial charge in [0.15, 0.2) is 11.9 Å². The van der Waals surface area contributed by atoms with Gasteiger partial charge in [-0.05, 0) is 18.6 Å². The van der Waals surface area contributed by atoms with Crippen molar-refractivity contribution in [3.8, 4) is 0 Å². The molecule has 74 valence electrons. The fourth-order valence-electron chi connectivity index (χ4n) is 1.28. The van der Waals surface area contributed by atoms with E-state index in [9.17, 15) is 4.79 Å². The van der Waals surface area contributed by atoms with Crippen LogP contribution in [0.25, 0.3) is 0 Å². The first-order valence-electron chi connectivity index (χ1n) is 4.34. The van der Waals surface area contributed by atoms with Gasteiger partial charge in [-0.3, -0.25) is 0 Å². The molecule has 1 amide bonds. The Morgan fingerprint density at radius 1 is 1.64 bits per heavy atom. The zero-order valence-corrected chi connectivity index (χ0v) is 8.50. The fraction of sp³-hybridized carbons (Fsp3) is 0.333. The summed E-state index contributed by atoms with van der Waals surface area (Å²) >= 11 is 1.60. The van der Waals surface area contributed by atoms with Crippen LogP contribution in [0.5, 0.6) is 0 Å². The third kappa shape index (κ3) is 1.50. The van der Waals surface area contributed by atoms with E-state index in [1.807, 2.05) is 12.1 Å². The SMILES string of the molecule is CCc1ccc(C2OC(=O)N=C2N)s1. The lowest BCUT2D eigenvalue weighted by atomic mass is 10.2. The Bertz CT molecular complexity index is 397. The van der Waals surface area contributed by atoms with Gasteiger partial charge < -0.3 is 10.5 Å². The molecule has 0 spiro atoms. The van der Waals surface area contributed by atoms with Crippen molar-refractivity contribution in [2.24, 2.45) is 10.7 Å². The molecule has 2 rings (SSSR count). The van der Waals surface area contributed by atoms with Gasteiger partial charge in [-0.1, -0.05) is 6.92 Å². The van der Waals surface area contributed by atoms with Crippen molar-refractivity contribution in [2.75, 3.05) is 0 Å². The molecular formula is C9H10N2O2S. The molecule has 0 fully saturated rings. The molecule has 1 aromatic heterocycles. The predicted octanol–water partition coefficient (Wildman–Crippen LogP) is 1.86. The molecule has 1 aliphatic rings. The van der Waals surface area contributed by atoms with Crippen LogP contribution in [0, 0.1) is 0 Å². The van der Waals surface area contributed by atoms with E-state index in [0.29, 0.717) is 0 Å². The number of amides is 1. The Morgan fingerprint density at radius 2 is 2.43 bits per heavy atom. The molecule has 2 N–H and O–H groups in total. The van der Waals surface area contributed by atoms with Crippen molar-refractivity contribution in [1.82, 2.24) is 0 Å². The average molecular weight is 210 g/mol. The number of hydrogen-bond donors (Lipinski definition) is 1. The highest BCUT2D eigenvalue weighted by molar-refractivity contribution is 7.12. The lowest BCUT2D eigenvalue weighted by Gasteiger charge is -2.05. The van der Waals surface area contributed by atoms with Gasteiger partial charge >= 0.3 is 6.09 Å². The second kappa shape index (κ2) is 3.42. The van der Waals surface area contributed by atoms with Crippen LogP contribution in [-0.2, 0) is 11.2 Å². The summed E-state index contributed by atoms with van der Waals surface area (Å²) in [5.41, 5.74) is 5.56. The van der Waals surface area contributed by atoms with Crippen molar-refractivity contribution in [2.45, 2.75) is 19.4 Å². The maximum atomic E-state index is 10.8. The Kier molecular flexibility index (Phi) is 2.25. The second-order valence-electron chi connectivity index (χ2n) is 2.96. The minimum absolute atomic E-state index is 0.250. The Morgan fingerprint density at radius 3 is 2.93 bits per heavy atom. The number of aliphatic imine (C=N–C) groups is 1. The highest BCUT2D eigenvalue weighted by Gasteiger charge is 2.28. The number of aryl methyl sites for hydroxylation is 1. The molecule has 4 nitrogen and oxygen atoms in total. The van der Waals surface area contributed by atoms with Crippen LogP contribution >= 0.6 is 11.3 Å². The first kappa shape index (κ1) is 9.21. The second-order valence-corrected chi connectivity index (χ2v) is 4.16. The first-order valence-corrected chi connectivity index (χ1v) is 5.15. The van der Waals surface area contributed by atoms with Crippen LogP contribution < -0.4 is 5.73 Å². The Labute approximate surface area is 85.4 Å². The largest absolute Gasteiger partial charge is 0.436 e. The molecule has 14 heavy (non-hydrogen) atoms. The van der Waals surface area contributed by atoms with Gasteiger partial charge in [-0.2, -0.15) is 4.99 Å². The summed E-state index contributed by atoms with van der Waals surface area (Å²) < 4.78 is 4.96. The van der Waals surface area contributed by atoms with Crippen LogP contribution in [0.3, 0.4) is 0 Å². The summed E-state index contributed by atoms with van der Waals surface area (Å²) in [6.45, 7) is 2.08. The highest BCUT2D eigenvalue weighted by atomic mass is 32.1. The van der Waals surface area contributed by atoms with Crippen LogP contribution in [0.4, 0.5) is 4.79 Å². The number of nitrogens with two attached hydrogens (primary N) is 1. The number of amidine groups is 1. The van der Waals surface area contributed by atoms with E-state index in [1.54, 1.807) is 11.3 Å². The lowest BCUT2D eigenvalue weighted by Crippen LogP contribution is -2.17. The van der Waals surface area contributed by atoms with E-state index in [-0.39, 0.29) is 5.84 Å². The standard InChI is InChI=1S/C9H10N2O2S/c1-2-5-3-4-6(14-5)7-8(10)11-9(12)13-7/h3-4,7H,2H2,1H3,(H2,10,11,12). The summed E-state index contributed by atoms with van der Waals surface area (Å²) in [5, 5.41) is 0. The number of hydrogen-bond acceptors (Lipinski definition) is 4. The molecule has 1 atom stereocenters. The zero-order valence-electron chi connectivity index (χ0n) is 7.69. The number of nitrogens with zero attached hydrogens (tertiary/aromatic N) is 1. The number of carbonyl (C=O) groups is 1. The average Bonchev–Trinajstić information content (AvgIpc) is 2.71. The topological polar surface area (TPSA) is 64.7 Å². The highest BCUT2D eigenvalue weighted by Crippen LogP contribution is 2.29. The summed E-state index contributed by atoms with van der Waals surface area (Å²) in [6.07, 6.45) is -0.0886. The number of thiophene rings is 1. The molecule has 0 radical (unpaired) electrons. The van der Waals surface area contributed by atoms with Crippen molar-refractivity contribution >= 4 is 23.3 Å². The van der Waals surface area contributed by atoms with Gasteiger partial charge in [0.05, 0.1) is 4.88 Å². The molecule has 1 unspecified atom stereocenters. The Hall–Kier alpha value is -1.36. The first-order chi connectivity index (χ1) is 6.70. The molecule has 1 aromatic rings. The quantitative estimate of drug-likeness (QED) is 0.810. The monoisotopic (exact) mass is 210 g/mol. The predicted molar refractivity (Wildman–Crippen MR) is 54.5 cm³/mol. The molecule has 0 saturated heterocycles. The van der Waals surface area contributed by atoms with Crippen LogP contribution in [0.1, 0.15) is 22.8 Å². The van der Waals surface area contributed by atoms with Crippen molar-refractivity contribution in [3.05, 3.63) is 21.9 Å².